The third kappa shape index (κ3) is 3.56. The van der Waals surface area contributed by atoms with Gasteiger partial charge in [0.1, 0.15) is 5.69 Å². The second kappa shape index (κ2) is 6.36. The Bertz CT molecular complexity index is 444. The largest absolute Gasteiger partial charge is 0.292 e. The number of rotatable bonds is 5. The Hall–Kier alpha value is -1.85. The molecule has 6 heteroatoms. The quantitative estimate of drug-likeness (QED) is 0.461. The Morgan fingerprint density at radius 2 is 2.11 bits per heavy atom. The van der Waals surface area contributed by atoms with E-state index in [-0.39, 0.29) is 23.9 Å². The van der Waals surface area contributed by atoms with Crippen LogP contribution < -0.4 is 0 Å². The normalized spacial score (nSPS) is 17.9. The van der Waals surface area contributed by atoms with Gasteiger partial charge in [-0.3, -0.25) is 19.9 Å². The summed E-state index contributed by atoms with van der Waals surface area (Å²) in [5.74, 6) is -0.697. The van der Waals surface area contributed by atoms with E-state index < -0.39 is 10.8 Å². The molecular weight excluding hydrogens is 246 g/mol. The summed E-state index contributed by atoms with van der Waals surface area (Å²) in [6, 6.07) is 0. The van der Waals surface area contributed by atoms with Crippen LogP contribution in [0, 0.1) is 22.0 Å². The van der Waals surface area contributed by atoms with Gasteiger partial charge in [0.2, 0.25) is 6.54 Å². The van der Waals surface area contributed by atoms with Crippen LogP contribution >= 0.6 is 0 Å². The molecule has 0 saturated heterocycles. The van der Waals surface area contributed by atoms with Gasteiger partial charge in [-0.25, -0.2) is 4.98 Å². The Labute approximate surface area is 111 Å². The van der Waals surface area contributed by atoms with Crippen LogP contribution in [0.2, 0.25) is 0 Å². The van der Waals surface area contributed by atoms with E-state index in [9.17, 15) is 14.9 Å². The molecule has 0 aliphatic heterocycles. The van der Waals surface area contributed by atoms with Gasteiger partial charge in [0.05, 0.1) is 12.1 Å². The minimum absolute atomic E-state index is 0.105. The lowest BCUT2D eigenvalue weighted by atomic mass is 9.77. The van der Waals surface area contributed by atoms with Gasteiger partial charge in [-0.15, -0.1) is 0 Å². The first-order valence-electron chi connectivity index (χ1n) is 6.60. The lowest BCUT2D eigenvalue weighted by molar-refractivity contribution is -0.487. The first-order valence-corrected chi connectivity index (χ1v) is 6.60. The molecule has 1 aliphatic carbocycles. The van der Waals surface area contributed by atoms with Crippen molar-refractivity contribution in [1.82, 2.24) is 9.97 Å². The molecule has 1 saturated carbocycles. The zero-order valence-electron chi connectivity index (χ0n) is 10.7. The van der Waals surface area contributed by atoms with Gasteiger partial charge in [-0.05, 0) is 18.8 Å². The van der Waals surface area contributed by atoms with Crippen LogP contribution in [-0.4, -0.2) is 27.2 Å². The molecule has 0 aromatic carbocycles. The molecule has 1 aromatic rings. The van der Waals surface area contributed by atoms with Crippen molar-refractivity contribution in [2.24, 2.45) is 11.8 Å². The second-order valence-electron chi connectivity index (χ2n) is 4.97. The van der Waals surface area contributed by atoms with E-state index in [2.05, 4.69) is 9.97 Å². The van der Waals surface area contributed by atoms with E-state index >= 15 is 0 Å². The summed E-state index contributed by atoms with van der Waals surface area (Å²) in [5, 5.41) is 10.8. The van der Waals surface area contributed by atoms with Crippen LogP contribution in [0.4, 0.5) is 0 Å². The van der Waals surface area contributed by atoms with Crippen LogP contribution in [0.5, 0.6) is 0 Å². The minimum atomic E-state index is -0.563. The van der Waals surface area contributed by atoms with Gasteiger partial charge in [0.25, 0.3) is 0 Å². The molecule has 1 fully saturated rings. The lowest BCUT2D eigenvalue weighted by Crippen LogP contribution is -2.32. The highest BCUT2D eigenvalue weighted by molar-refractivity contribution is 5.96. The van der Waals surface area contributed by atoms with Gasteiger partial charge < -0.3 is 0 Å². The maximum absolute atomic E-state index is 12.4. The molecule has 0 amide bonds. The minimum Gasteiger partial charge on any atom is -0.292 e. The predicted molar refractivity (Wildman–Crippen MR) is 68.3 cm³/mol. The first kappa shape index (κ1) is 13.6. The zero-order chi connectivity index (χ0) is 13.7. The van der Waals surface area contributed by atoms with Gasteiger partial charge in [0, 0.05) is 17.3 Å². The summed E-state index contributed by atoms with van der Waals surface area (Å²) < 4.78 is 0. The Morgan fingerprint density at radius 1 is 1.37 bits per heavy atom. The molecule has 0 radical (unpaired) electrons. The molecule has 1 heterocycles. The highest BCUT2D eigenvalue weighted by Crippen LogP contribution is 2.31. The van der Waals surface area contributed by atoms with Crippen molar-refractivity contribution in [1.29, 1.82) is 0 Å². The molecule has 0 unspecified atom stereocenters. The molecule has 0 bridgehead atoms. The number of ketones is 1. The van der Waals surface area contributed by atoms with E-state index in [1.165, 1.54) is 18.6 Å². The van der Waals surface area contributed by atoms with Crippen molar-refractivity contribution in [2.45, 2.75) is 32.1 Å². The molecule has 2 rings (SSSR count). The molecule has 1 atom stereocenters. The number of Topliss-reactive ketones (excluding diaryl/α,β-unsaturated/α-hetero) is 1. The van der Waals surface area contributed by atoms with E-state index in [1.54, 1.807) is 0 Å². The molecule has 19 heavy (non-hydrogen) atoms. The van der Waals surface area contributed by atoms with Crippen LogP contribution in [0.3, 0.4) is 0 Å². The zero-order valence-corrected chi connectivity index (χ0v) is 10.7. The number of hydrogen-bond acceptors (Lipinski definition) is 5. The van der Waals surface area contributed by atoms with Gasteiger partial charge in [0.15, 0.2) is 5.78 Å². The average molecular weight is 263 g/mol. The number of nitro groups is 1. The third-order valence-corrected chi connectivity index (χ3v) is 3.72. The standard InChI is InChI=1S/C13H17N3O3/c17-13(12-8-14-6-7-15-12)11(9-16(18)19)10-4-2-1-3-5-10/h6-8,10-11H,1-5,9H2/t11-/m1/s1. The van der Waals surface area contributed by atoms with E-state index in [0.717, 1.165) is 32.1 Å². The van der Waals surface area contributed by atoms with Gasteiger partial charge in [-0.2, -0.15) is 0 Å². The summed E-state index contributed by atoms with van der Waals surface area (Å²) in [5.41, 5.74) is 0.236. The molecule has 1 aliphatic rings. The fraction of sp³-hybridized carbons (Fsp3) is 0.615. The summed E-state index contributed by atoms with van der Waals surface area (Å²) in [4.78, 5) is 30.6. The molecule has 102 valence electrons. The number of carbonyl (C=O) groups is 1. The number of nitrogens with zero attached hydrogens (tertiary/aromatic N) is 3. The van der Waals surface area contributed by atoms with Gasteiger partial charge in [-0.1, -0.05) is 19.3 Å². The summed E-state index contributed by atoms with van der Waals surface area (Å²) in [7, 11) is 0. The van der Waals surface area contributed by atoms with Crippen molar-refractivity contribution in [2.75, 3.05) is 6.54 Å². The smallest absolute Gasteiger partial charge is 0.214 e. The van der Waals surface area contributed by atoms with Crippen LogP contribution in [0.15, 0.2) is 18.6 Å². The number of carbonyl (C=O) groups excluding carboxylic acids is 1. The fourth-order valence-corrected chi connectivity index (χ4v) is 2.76. The average Bonchev–Trinajstić information content (AvgIpc) is 2.46. The second-order valence-corrected chi connectivity index (χ2v) is 4.97. The van der Waals surface area contributed by atoms with Crippen LogP contribution in [-0.2, 0) is 0 Å². The molecule has 0 spiro atoms. The Morgan fingerprint density at radius 3 is 2.68 bits per heavy atom. The molecular formula is C13H17N3O3. The summed E-state index contributed by atoms with van der Waals surface area (Å²) in [6.07, 6.45) is 9.35. The first-order chi connectivity index (χ1) is 9.18. The maximum Gasteiger partial charge on any atom is 0.214 e. The molecule has 0 N–H and O–H groups in total. The molecule has 1 aromatic heterocycles. The van der Waals surface area contributed by atoms with Crippen molar-refractivity contribution in [3.05, 3.63) is 34.4 Å². The maximum atomic E-state index is 12.4. The number of aromatic nitrogens is 2. The van der Waals surface area contributed by atoms with Crippen LogP contribution in [0.25, 0.3) is 0 Å². The Kier molecular flexibility index (Phi) is 4.54. The van der Waals surface area contributed by atoms with E-state index in [0.29, 0.717) is 0 Å². The number of hydrogen-bond donors (Lipinski definition) is 0. The van der Waals surface area contributed by atoms with Crippen molar-refractivity contribution >= 4 is 5.78 Å². The lowest BCUT2D eigenvalue weighted by Gasteiger charge is -2.26. The van der Waals surface area contributed by atoms with Crippen molar-refractivity contribution in [3.8, 4) is 0 Å². The highest BCUT2D eigenvalue weighted by Gasteiger charge is 2.34. The Balaban J connectivity index is 2.16. The third-order valence-electron chi connectivity index (χ3n) is 3.72. The topological polar surface area (TPSA) is 86.0 Å². The fourth-order valence-electron chi connectivity index (χ4n) is 2.76. The van der Waals surface area contributed by atoms with Crippen molar-refractivity contribution < 1.29 is 9.72 Å². The SMILES string of the molecule is O=C(c1cnccn1)[C@H](C[N+](=O)[O-])C1CCCCC1. The van der Waals surface area contributed by atoms with Crippen LogP contribution in [0.1, 0.15) is 42.6 Å². The monoisotopic (exact) mass is 263 g/mol. The van der Waals surface area contributed by atoms with E-state index in [4.69, 9.17) is 0 Å². The summed E-state index contributed by atoms with van der Waals surface area (Å²) in [6.45, 7) is -0.305. The predicted octanol–water partition coefficient (Wildman–Crippen LogP) is 2.13. The van der Waals surface area contributed by atoms with Gasteiger partial charge >= 0.3 is 0 Å². The summed E-state index contributed by atoms with van der Waals surface area (Å²) >= 11 is 0. The van der Waals surface area contributed by atoms with Crippen molar-refractivity contribution in [3.63, 3.8) is 0 Å². The molecule has 6 nitrogen and oxygen atoms in total. The van der Waals surface area contributed by atoms with E-state index in [1.807, 2.05) is 0 Å². The highest BCUT2D eigenvalue weighted by atomic mass is 16.6.